The first kappa shape index (κ1) is 37.9. The van der Waals surface area contributed by atoms with Crippen molar-refractivity contribution in [2.75, 3.05) is 5.73 Å². The summed E-state index contributed by atoms with van der Waals surface area (Å²) in [5.41, 5.74) is 14.8. The second kappa shape index (κ2) is 21.7. The third kappa shape index (κ3) is 15.7. The molecule has 0 saturated heterocycles. The highest BCUT2D eigenvalue weighted by Crippen LogP contribution is 2.33. The van der Waals surface area contributed by atoms with Crippen molar-refractivity contribution in [1.29, 1.82) is 0 Å². The number of hydrogen-bond acceptors (Lipinski definition) is 6. The zero-order valence-corrected chi connectivity index (χ0v) is 26.2. The van der Waals surface area contributed by atoms with Crippen LogP contribution in [0.3, 0.4) is 0 Å². The lowest BCUT2D eigenvalue weighted by atomic mass is 9.83. The van der Waals surface area contributed by atoms with Crippen LogP contribution >= 0.6 is 0 Å². The van der Waals surface area contributed by atoms with Gasteiger partial charge in [0.1, 0.15) is 23.5 Å². The number of benzene rings is 1. The second-order valence-electron chi connectivity index (χ2n) is 9.06. The Labute approximate surface area is 237 Å². The Hall–Kier alpha value is -3.22. The van der Waals surface area contributed by atoms with Gasteiger partial charge in [0, 0.05) is 6.42 Å². The van der Waals surface area contributed by atoms with E-state index in [0.29, 0.717) is 29.9 Å². The van der Waals surface area contributed by atoms with E-state index in [1.807, 2.05) is 48.5 Å². The summed E-state index contributed by atoms with van der Waals surface area (Å²) in [4.78, 5) is 27.6. The summed E-state index contributed by atoms with van der Waals surface area (Å²) >= 11 is 0. The van der Waals surface area contributed by atoms with E-state index in [0.717, 1.165) is 16.7 Å². The molecule has 0 aliphatic heterocycles. The molecule has 1 saturated carbocycles. The summed E-state index contributed by atoms with van der Waals surface area (Å²) in [5, 5.41) is 0. The predicted molar refractivity (Wildman–Crippen MR) is 166 cm³/mol. The molecule has 1 aromatic heterocycles. The van der Waals surface area contributed by atoms with Gasteiger partial charge in [-0.25, -0.2) is 4.98 Å². The summed E-state index contributed by atoms with van der Waals surface area (Å²) in [6.07, 6.45) is 6.96. The number of anilines is 1. The number of aryl methyl sites for hydroxylation is 1. The molecule has 4 N–H and O–H groups in total. The van der Waals surface area contributed by atoms with Crippen molar-refractivity contribution in [3.63, 3.8) is 0 Å². The van der Waals surface area contributed by atoms with Gasteiger partial charge in [-0.05, 0) is 70.1 Å². The molecule has 7 nitrogen and oxygen atoms in total. The van der Waals surface area contributed by atoms with Gasteiger partial charge in [-0.2, -0.15) is 4.98 Å². The third-order valence-electron chi connectivity index (χ3n) is 5.74. The highest BCUT2D eigenvalue weighted by molar-refractivity contribution is 5.73. The number of rotatable bonds is 6. The third-order valence-corrected chi connectivity index (χ3v) is 5.74. The minimum atomic E-state index is -0.245. The number of ether oxygens (including phenoxy) is 1. The summed E-state index contributed by atoms with van der Waals surface area (Å²) in [7, 11) is 0. The van der Waals surface area contributed by atoms with E-state index in [1.54, 1.807) is 6.92 Å². The molecule has 2 aromatic rings. The maximum Gasteiger partial charge on any atom is 0.222 e. The highest BCUT2D eigenvalue weighted by Gasteiger charge is 2.18. The van der Waals surface area contributed by atoms with E-state index in [1.165, 1.54) is 51.5 Å². The number of nitrogens with zero attached hydrogens (tertiary/aromatic N) is 2. The fraction of sp³-hybridized carbons (Fsp3) is 0.562. The largest absolute Gasteiger partial charge is 0.469 e. The lowest BCUT2D eigenvalue weighted by Crippen LogP contribution is -2.16. The first-order valence-electron chi connectivity index (χ1n) is 14.3. The van der Waals surface area contributed by atoms with E-state index >= 15 is 0 Å². The van der Waals surface area contributed by atoms with Gasteiger partial charge >= 0.3 is 0 Å². The van der Waals surface area contributed by atoms with E-state index in [2.05, 4.69) is 46.5 Å². The predicted octanol–water partition coefficient (Wildman–Crippen LogP) is 7.73. The average molecular weight is 543 g/mol. The maximum absolute atomic E-state index is 9.59. The lowest BCUT2D eigenvalue weighted by Gasteiger charge is -2.23. The molecule has 1 aliphatic rings. The zero-order chi connectivity index (χ0) is 30.5. The number of nitrogen functional groups attached to an aromatic ring is 1. The topological polar surface area (TPSA) is 121 Å². The maximum atomic E-state index is 9.59. The SMILES string of the molecule is C=C(c1ccc(C2CCCCC2)cc1)C(C)Oc1nc(C)nc(N)c1C.CC.CC.CC(C)=O.CCC(N)=O. The van der Waals surface area contributed by atoms with Crippen LogP contribution in [0.15, 0.2) is 30.8 Å². The quantitative estimate of drug-likeness (QED) is 0.385. The van der Waals surface area contributed by atoms with Crippen molar-refractivity contribution in [3.8, 4) is 5.88 Å². The standard InChI is InChI=1S/C22H29N3O.C3H7NO.C3H6O.2C2H6/c1-14(16(3)26-22-15(2)21(23)24-17(4)25-22)18-10-12-20(13-11-18)19-8-6-5-7-9-19;1-2-3(4)5;1-3(2)4;2*1-2/h10-13,16,19H,1,5-9H2,2-4H3,(H2,23,24,25);2H2,1H3,(H2,4,5);1-2H3;2*1-2H3. The number of primary amides is 1. The molecule has 1 heterocycles. The molecule has 0 spiro atoms. The Morgan fingerprint density at radius 1 is 1.00 bits per heavy atom. The summed E-state index contributed by atoms with van der Waals surface area (Å²) in [6, 6.07) is 8.83. The number of ketones is 1. The van der Waals surface area contributed by atoms with E-state index in [-0.39, 0.29) is 17.8 Å². The van der Waals surface area contributed by atoms with Crippen molar-refractivity contribution < 1.29 is 14.3 Å². The first-order valence-corrected chi connectivity index (χ1v) is 14.3. The summed E-state index contributed by atoms with van der Waals surface area (Å²) in [6.45, 7) is 22.7. The van der Waals surface area contributed by atoms with Gasteiger partial charge in [0.2, 0.25) is 11.8 Å². The van der Waals surface area contributed by atoms with E-state index in [4.69, 9.17) is 10.5 Å². The monoisotopic (exact) mass is 542 g/mol. The van der Waals surface area contributed by atoms with Gasteiger partial charge < -0.3 is 21.0 Å². The molecule has 7 heteroatoms. The number of nitrogens with two attached hydrogens (primary N) is 2. The van der Waals surface area contributed by atoms with Crippen LogP contribution in [0.4, 0.5) is 5.82 Å². The van der Waals surface area contributed by atoms with Gasteiger partial charge in [0.25, 0.3) is 0 Å². The Kier molecular flexibility index (Phi) is 21.1. The van der Waals surface area contributed by atoms with Gasteiger partial charge in [-0.1, -0.05) is 84.7 Å². The molecule has 3 rings (SSSR count). The molecule has 220 valence electrons. The molecular formula is C32H54N4O3. The van der Waals surface area contributed by atoms with Gasteiger partial charge in [-0.15, -0.1) is 0 Å². The molecule has 0 bridgehead atoms. The zero-order valence-electron chi connectivity index (χ0n) is 26.2. The van der Waals surface area contributed by atoms with Gasteiger partial charge in [-0.3, -0.25) is 4.79 Å². The number of amides is 1. The summed E-state index contributed by atoms with van der Waals surface area (Å²) in [5.74, 6) is 2.24. The lowest BCUT2D eigenvalue weighted by molar-refractivity contribution is -0.117. The van der Waals surface area contributed by atoms with Crippen LogP contribution in [0.1, 0.15) is 122 Å². The van der Waals surface area contributed by atoms with Crippen molar-refractivity contribution in [2.45, 2.75) is 120 Å². The minimum Gasteiger partial charge on any atom is -0.469 e. The minimum absolute atomic E-state index is 0.167. The van der Waals surface area contributed by atoms with Crippen LogP contribution < -0.4 is 16.2 Å². The number of Topliss-reactive ketones (excluding diaryl/α,β-unsaturated/α-hetero) is 1. The van der Waals surface area contributed by atoms with Crippen LogP contribution in [0, 0.1) is 13.8 Å². The van der Waals surface area contributed by atoms with E-state index in [9.17, 15) is 9.59 Å². The fourth-order valence-corrected chi connectivity index (χ4v) is 3.62. The van der Waals surface area contributed by atoms with Crippen LogP contribution in [0.2, 0.25) is 0 Å². The van der Waals surface area contributed by atoms with Crippen LogP contribution in [-0.4, -0.2) is 27.8 Å². The molecular weight excluding hydrogens is 488 g/mol. The first-order chi connectivity index (χ1) is 18.5. The van der Waals surface area contributed by atoms with Crippen molar-refractivity contribution in [2.24, 2.45) is 5.73 Å². The van der Waals surface area contributed by atoms with Crippen molar-refractivity contribution >= 4 is 23.1 Å². The number of carbonyl (C=O) groups is 2. The molecule has 0 radical (unpaired) electrons. The fourth-order valence-electron chi connectivity index (χ4n) is 3.62. The molecule has 1 unspecified atom stereocenters. The molecule has 1 aliphatic carbocycles. The average Bonchev–Trinajstić information content (AvgIpc) is 2.93. The van der Waals surface area contributed by atoms with Gasteiger partial charge in [0.05, 0.1) is 5.56 Å². The Morgan fingerprint density at radius 3 is 1.90 bits per heavy atom. The van der Waals surface area contributed by atoms with Crippen LogP contribution in [0.25, 0.3) is 5.57 Å². The second-order valence-corrected chi connectivity index (χ2v) is 9.06. The Morgan fingerprint density at radius 2 is 1.46 bits per heavy atom. The van der Waals surface area contributed by atoms with Crippen molar-refractivity contribution in [1.82, 2.24) is 9.97 Å². The Balaban J connectivity index is 0. The Bertz CT molecular complexity index is 978. The summed E-state index contributed by atoms with van der Waals surface area (Å²) < 4.78 is 6.04. The number of aromatic nitrogens is 2. The van der Waals surface area contributed by atoms with E-state index < -0.39 is 0 Å². The smallest absolute Gasteiger partial charge is 0.222 e. The van der Waals surface area contributed by atoms with Crippen LogP contribution in [-0.2, 0) is 9.59 Å². The molecule has 1 atom stereocenters. The molecule has 1 aromatic carbocycles. The normalized spacial score (nSPS) is 12.8. The molecule has 39 heavy (non-hydrogen) atoms. The highest BCUT2D eigenvalue weighted by atomic mass is 16.5. The number of hydrogen-bond donors (Lipinski definition) is 2. The molecule has 1 fully saturated rings. The molecule has 1 amide bonds. The van der Waals surface area contributed by atoms with Crippen LogP contribution in [0.5, 0.6) is 5.88 Å². The number of carbonyl (C=O) groups excluding carboxylic acids is 2. The van der Waals surface area contributed by atoms with Gasteiger partial charge in [0.15, 0.2) is 0 Å². The van der Waals surface area contributed by atoms with Crippen molar-refractivity contribution in [3.05, 3.63) is 53.4 Å².